The standard InChI is InChI=1S/C24H17N3/c25-15-16-4-3-6-19(14-16)22-23-20-7-2-1-5-17(20)8-9-21(23)27-24(22)18-10-12-26-13-11-18/h1-14,22,24,27H/t22-,24+/m0/s1. The van der Waals surface area contributed by atoms with Gasteiger partial charge in [0.25, 0.3) is 0 Å². The molecule has 3 nitrogen and oxygen atoms in total. The monoisotopic (exact) mass is 347 g/mol. The van der Waals surface area contributed by atoms with Crippen LogP contribution < -0.4 is 5.32 Å². The fourth-order valence-corrected chi connectivity index (χ4v) is 4.18. The molecule has 5 rings (SSSR count). The topological polar surface area (TPSA) is 48.7 Å². The van der Waals surface area contributed by atoms with Gasteiger partial charge in [0, 0.05) is 24.0 Å². The Bertz CT molecular complexity index is 1180. The summed E-state index contributed by atoms with van der Waals surface area (Å²) in [5.74, 6) is 0.127. The Labute approximate surface area is 157 Å². The van der Waals surface area contributed by atoms with Crippen molar-refractivity contribution in [1.29, 1.82) is 5.26 Å². The molecule has 0 saturated carbocycles. The molecular formula is C24H17N3. The Balaban J connectivity index is 1.77. The quantitative estimate of drug-likeness (QED) is 0.528. The maximum atomic E-state index is 9.38. The number of pyridine rings is 1. The van der Waals surface area contributed by atoms with Crippen LogP contribution in [-0.2, 0) is 0 Å². The van der Waals surface area contributed by atoms with Crippen molar-refractivity contribution in [3.05, 3.63) is 107 Å². The fraction of sp³-hybridized carbons (Fsp3) is 0.0833. The molecule has 3 aromatic carbocycles. The minimum Gasteiger partial charge on any atom is -0.377 e. The second-order valence-electron chi connectivity index (χ2n) is 6.87. The van der Waals surface area contributed by atoms with Gasteiger partial charge in [0.15, 0.2) is 0 Å². The number of hydrogen-bond donors (Lipinski definition) is 1. The van der Waals surface area contributed by atoms with E-state index in [1.165, 1.54) is 21.9 Å². The second kappa shape index (κ2) is 6.26. The van der Waals surface area contributed by atoms with Crippen LogP contribution >= 0.6 is 0 Å². The van der Waals surface area contributed by atoms with E-state index in [-0.39, 0.29) is 12.0 Å². The Kier molecular flexibility index (Phi) is 3.62. The van der Waals surface area contributed by atoms with Crippen LogP contribution in [0.5, 0.6) is 0 Å². The Morgan fingerprint density at radius 3 is 2.56 bits per heavy atom. The highest BCUT2D eigenvalue weighted by Crippen LogP contribution is 2.50. The first-order valence-corrected chi connectivity index (χ1v) is 9.03. The molecule has 1 aliphatic rings. The van der Waals surface area contributed by atoms with E-state index < -0.39 is 0 Å². The van der Waals surface area contributed by atoms with Gasteiger partial charge in [0.05, 0.1) is 17.7 Å². The average Bonchev–Trinajstić information content (AvgIpc) is 3.14. The molecule has 1 aliphatic heterocycles. The number of nitrogens with zero attached hydrogens (tertiary/aromatic N) is 2. The van der Waals surface area contributed by atoms with Gasteiger partial charge in [-0.1, -0.05) is 42.5 Å². The number of nitrogens with one attached hydrogen (secondary N) is 1. The van der Waals surface area contributed by atoms with Crippen LogP contribution in [0.4, 0.5) is 5.69 Å². The Morgan fingerprint density at radius 1 is 0.852 bits per heavy atom. The molecule has 0 saturated heterocycles. The van der Waals surface area contributed by atoms with Crippen molar-refractivity contribution in [1.82, 2.24) is 4.98 Å². The number of rotatable bonds is 2. The lowest BCUT2D eigenvalue weighted by molar-refractivity contribution is 0.715. The molecule has 1 N–H and O–H groups in total. The van der Waals surface area contributed by atoms with Crippen LogP contribution in [0.3, 0.4) is 0 Å². The highest BCUT2D eigenvalue weighted by Gasteiger charge is 2.35. The predicted molar refractivity (Wildman–Crippen MR) is 108 cm³/mol. The molecule has 0 amide bonds. The molecule has 27 heavy (non-hydrogen) atoms. The lowest BCUT2D eigenvalue weighted by atomic mass is 9.82. The summed E-state index contributed by atoms with van der Waals surface area (Å²) in [4.78, 5) is 4.17. The van der Waals surface area contributed by atoms with Crippen molar-refractivity contribution < 1.29 is 0 Å². The van der Waals surface area contributed by atoms with E-state index in [9.17, 15) is 5.26 Å². The zero-order chi connectivity index (χ0) is 18.2. The van der Waals surface area contributed by atoms with E-state index in [4.69, 9.17) is 0 Å². The minimum absolute atomic E-state index is 0.0998. The van der Waals surface area contributed by atoms with E-state index in [0.29, 0.717) is 5.56 Å². The summed E-state index contributed by atoms with van der Waals surface area (Å²) in [7, 11) is 0. The van der Waals surface area contributed by atoms with Crippen molar-refractivity contribution in [3.8, 4) is 6.07 Å². The summed E-state index contributed by atoms with van der Waals surface area (Å²) in [6.45, 7) is 0. The lowest BCUT2D eigenvalue weighted by Crippen LogP contribution is -2.13. The molecule has 2 atom stereocenters. The first kappa shape index (κ1) is 15.6. The van der Waals surface area contributed by atoms with Gasteiger partial charge in [0.1, 0.15) is 0 Å². The highest BCUT2D eigenvalue weighted by atomic mass is 15.0. The average molecular weight is 347 g/mol. The molecule has 0 spiro atoms. The highest BCUT2D eigenvalue weighted by molar-refractivity contribution is 5.93. The second-order valence-corrected chi connectivity index (χ2v) is 6.87. The van der Waals surface area contributed by atoms with E-state index in [1.54, 1.807) is 0 Å². The molecule has 0 aliphatic carbocycles. The summed E-state index contributed by atoms with van der Waals surface area (Å²) in [6.07, 6.45) is 3.67. The van der Waals surface area contributed by atoms with Crippen LogP contribution in [0.25, 0.3) is 10.8 Å². The van der Waals surface area contributed by atoms with E-state index in [2.05, 4.69) is 71.0 Å². The zero-order valence-corrected chi connectivity index (χ0v) is 14.6. The van der Waals surface area contributed by atoms with Crippen molar-refractivity contribution in [2.45, 2.75) is 12.0 Å². The maximum Gasteiger partial charge on any atom is 0.0991 e. The smallest absolute Gasteiger partial charge is 0.0991 e. The normalized spacial score (nSPS) is 17.9. The fourth-order valence-electron chi connectivity index (χ4n) is 4.18. The van der Waals surface area contributed by atoms with Crippen LogP contribution in [0, 0.1) is 11.3 Å². The third kappa shape index (κ3) is 2.54. The van der Waals surface area contributed by atoms with Gasteiger partial charge < -0.3 is 5.32 Å². The SMILES string of the molecule is N#Cc1cccc([C@H]2c3c(ccc4ccccc34)N[C@@H]2c2ccncc2)c1. The molecule has 4 aromatic rings. The van der Waals surface area contributed by atoms with Crippen LogP contribution in [0.1, 0.15) is 34.2 Å². The molecule has 1 aromatic heterocycles. The summed E-state index contributed by atoms with van der Waals surface area (Å²) in [5, 5.41) is 15.6. The first-order chi connectivity index (χ1) is 13.3. The molecule has 0 fully saturated rings. The van der Waals surface area contributed by atoms with Crippen molar-refractivity contribution >= 4 is 16.5 Å². The number of aromatic nitrogens is 1. The number of fused-ring (bicyclic) bond motifs is 3. The van der Waals surface area contributed by atoms with Gasteiger partial charge in [-0.3, -0.25) is 4.98 Å². The lowest BCUT2D eigenvalue weighted by Gasteiger charge is -2.22. The first-order valence-electron chi connectivity index (χ1n) is 9.03. The summed E-state index contributed by atoms with van der Waals surface area (Å²) >= 11 is 0. The molecule has 2 heterocycles. The Hall–Kier alpha value is -3.64. The largest absolute Gasteiger partial charge is 0.377 e. The summed E-state index contributed by atoms with van der Waals surface area (Å²) < 4.78 is 0. The molecular weight excluding hydrogens is 330 g/mol. The number of hydrogen-bond acceptors (Lipinski definition) is 3. The van der Waals surface area contributed by atoms with Crippen molar-refractivity contribution in [2.24, 2.45) is 0 Å². The number of anilines is 1. The number of benzene rings is 3. The van der Waals surface area contributed by atoms with Crippen molar-refractivity contribution in [3.63, 3.8) is 0 Å². The van der Waals surface area contributed by atoms with Gasteiger partial charge in [-0.2, -0.15) is 5.26 Å². The van der Waals surface area contributed by atoms with Crippen LogP contribution in [0.15, 0.2) is 85.2 Å². The van der Waals surface area contributed by atoms with Gasteiger partial charge in [0.2, 0.25) is 0 Å². The van der Waals surface area contributed by atoms with E-state index in [0.717, 1.165) is 11.3 Å². The molecule has 0 radical (unpaired) electrons. The van der Waals surface area contributed by atoms with Crippen LogP contribution in [-0.4, -0.2) is 4.98 Å². The van der Waals surface area contributed by atoms with Crippen LogP contribution in [0.2, 0.25) is 0 Å². The van der Waals surface area contributed by atoms with Gasteiger partial charge in [-0.05, 0) is 57.8 Å². The van der Waals surface area contributed by atoms with Gasteiger partial charge in [-0.25, -0.2) is 0 Å². The van der Waals surface area contributed by atoms with E-state index in [1.807, 2.05) is 30.6 Å². The van der Waals surface area contributed by atoms with Gasteiger partial charge >= 0.3 is 0 Å². The zero-order valence-electron chi connectivity index (χ0n) is 14.6. The predicted octanol–water partition coefficient (Wildman–Crippen LogP) is 5.41. The maximum absolute atomic E-state index is 9.38. The molecule has 0 unspecified atom stereocenters. The summed E-state index contributed by atoms with van der Waals surface area (Å²) in [5.41, 5.74) is 5.48. The summed E-state index contributed by atoms with van der Waals surface area (Å²) in [6, 6.07) is 27.3. The number of nitriles is 1. The molecule has 128 valence electrons. The molecule has 0 bridgehead atoms. The van der Waals surface area contributed by atoms with E-state index >= 15 is 0 Å². The Morgan fingerprint density at radius 2 is 1.70 bits per heavy atom. The van der Waals surface area contributed by atoms with Crippen molar-refractivity contribution in [2.75, 3.05) is 5.32 Å². The molecule has 3 heteroatoms. The third-order valence-electron chi connectivity index (χ3n) is 5.37. The third-order valence-corrected chi connectivity index (χ3v) is 5.37. The van der Waals surface area contributed by atoms with Gasteiger partial charge in [-0.15, -0.1) is 0 Å². The minimum atomic E-state index is 0.0998.